The predicted molar refractivity (Wildman–Crippen MR) is 120 cm³/mol. The molecule has 0 saturated heterocycles. The first-order chi connectivity index (χ1) is 15.0. The SMILES string of the molecule is CCOP(=O)(/C(=C(/NC(=O)c1ccccc1)C(=O)O)c1ccccc1)c1ccccc1. The Bertz CT molecular complexity index is 1130. The second-order valence-electron chi connectivity index (χ2n) is 6.52. The first kappa shape index (κ1) is 22.2. The number of carboxylic acids is 1. The molecule has 1 atom stereocenters. The number of rotatable bonds is 8. The molecule has 0 heterocycles. The van der Waals surface area contributed by atoms with Crippen molar-refractivity contribution in [2.45, 2.75) is 6.92 Å². The van der Waals surface area contributed by atoms with Gasteiger partial charge in [0.2, 0.25) is 0 Å². The Labute approximate surface area is 180 Å². The van der Waals surface area contributed by atoms with Gasteiger partial charge < -0.3 is 14.9 Å². The molecule has 0 aromatic heterocycles. The molecule has 1 unspecified atom stereocenters. The summed E-state index contributed by atoms with van der Waals surface area (Å²) in [6.45, 7) is 1.77. The second kappa shape index (κ2) is 10.0. The highest BCUT2D eigenvalue weighted by molar-refractivity contribution is 7.77. The summed E-state index contributed by atoms with van der Waals surface area (Å²) in [4.78, 5) is 25.1. The normalized spacial score (nSPS) is 13.6. The molecule has 0 saturated carbocycles. The van der Waals surface area contributed by atoms with E-state index >= 15 is 0 Å². The molecule has 3 rings (SSSR count). The molecule has 3 aromatic carbocycles. The quantitative estimate of drug-likeness (QED) is 0.401. The highest BCUT2D eigenvalue weighted by atomic mass is 31.2. The minimum absolute atomic E-state index is 0.0714. The van der Waals surface area contributed by atoms with Crippen LogP contribution < -0.4 is 10.6 Å². The van der Waals surface area contributed by atoms with Crippen LogP contribution in [-0.2, 0) is 13.9 Å². The monoisotopic (exact) mass is 435 g/mol. The van der Waals surface area contributed by atoms with Gasteiger partial charge in [0.05, 0.1) is 11.9 Å². The van der Waals surface area contributed by atoms with Crippen molar-refractivity contribution in [2.75, 3.05) is 6.61 Å². The standard InChI is InChI=1S/C24H22NO5P/c1-2-30-31(29,20-16-10-5-11-17-20)22(18-12-6-3-7-13-18)21(24(27)28)25-23(26)19-14-8-4-9-15-19/h3-17H,2H2,1H3,(H,25,26)(H,27,28)/b22-21+. The number of carbonyl (C=O) groups is 2. The third kappa shape index (κ3) is 5.00. The van der Waals surface area contributed by atoms with Crippen molar-refractivity contribution in [3.8, 4) is 0 Å². The lowest BCUT2D eigenvalue weighted by atomic mass is 10.1. The Morgan fingerprint density at radius 3 is 1.81 bits per heavy atom. The third-order valence-corrected chi connectivity index (χ3v) is 7.14. The molecule has 3 aromatic rings. The summed E-state index contributed by atoms with van der Waals surface area (Å²) in [5.41, 5.74) is 0.175. The number of nitrogens with one attached hydrogen (secondary N) is 1. The highest BCUT2D eigenvalue weighted by Crippen LogP contribution is 2.59. The van der Waals surface area contributed by atoms with Crippen LogP contribution in [0.4, 0.5) is 0 Å². The van der Waals surface area contributed by atoms with E-state index < -0.39 is 24.9 Å². The fraction of sp³-hybridized carbons (Fsp3) is 0.0833. The van der Waals surface area contributed by atoms with E-state index in [1.165, 1.54) is 0 Å². The van der Waals surface area contributed by atoms with Gasteiger partial charge in [-0.2, -0.15) is 0 Å². The Kier molecular flexibility index (Phi) is 7.19. The maximum Gasteiger partial charge on any atom is 0.353 e. The van der Waals surface area contributed by atoms with Crippen LogP contribution in [0.5, 0.6) is 0 Å². The van der Waals surface area contributed by atoms with Gasteiger partial charge in [-0.1, -0.05) is 66.7 Å². The molecular formula is C24H22NO5P. The topological polar surface area (TPSA) is 92.7 Å². The lowest BCUT2D eigenvalue weighted by Gasteiger charge is -2.24. The van der Waals surface area contributed by atoms with Crippen molar-refractivity contribution in [1.29, 1.82) is 0 Å². The zero-order valence-corrected chi connectivity index (χ0v) is 17.8. The maximum absolute atomic E-state index is 14.3. The summed E-state index contributed by atoms with van der Waals surface area (Å²) in [6.07, 6.45) is 0. The molecule has 0 aliphatic heterocycles. The summed E-state index contributed by atoms with van der Waals surface area (Å²) < 4.78 is 20.0. The van der Waals surface area contributed by atoms with Crippen molar-refractivity contribution >= 4 is 29.9 Å². The van der Waals surface area contributed by atoms with Gasteiger partial charge in [-0.15, -0.1) is 0 Å². The molecule has 0 radical (unpaired) electrons. The van der Waals surface area contributed by atoms with Gasteiger partial charge >= 0.3 is 5.97 Å². The molecule has 6 nitrogen and oxygen atoms in total. The van der Waals surface area contributed by atoms with E-state index in [4.69, 9.17) is 4.52 Å². The van der Waals surface area contributed by atoms with E-state index in [0.29, 0.717) is 10.9 Å². The Morgan fingerprint density at radius 1 is 0.839 bits per heavy atom. The van der Waals surface area contributed by atoms with Crippen LogP contribution >= 0.6 is 7.37 Å². The molecule has 2 N–H and O–H groups in total. The molecule has 1 amide bonds. The second-order valence-corrected chi connectivity index (χ2v) is 8.84. The fourth-order valence-corrected chi connectivity index (χ4v) is 5.52. The van der Waals surface area contributed by atoms with Crippen LogP contribution in [0.25, 0.3) is 5.31 Å². The summed E-state index contributed by atoms with van der Waals surface area (Å²) in [5, 5.41) is 12.7. The predicted octanol–water partition coefficient (Wildman–Crippen LogP) is 4.51. The lowest BCUT2D eigenvalue weighted by molar-refractivity contribution is -0.132. The summed E-state index contributed by atoms with van der Waals surface area (Å²) in [7, 11) is -3.88. The van der Waals surface area contributed by atoms with Crippen molar-refractivity contribution in [1.82, 2.24) is 5.32 Å². The average Bonchev–Trinajstić information content (AvgIpc) is 2.80. The zero-order valence-electron chi connectivity index (χ0n) is 16.9. The molecule has 0 bridgehead atoms. The van der Waals surface area contributed by atoms with Gasteiger partial charge in [0.1, 0.15) is 5.70 Å². The number of benzene rings is 3. The van der Waals surface area contributed by atoms with E-state index in [-0.39, 0.29) is 17.5 Å². The van der Waals surface area contributed by atoms with E-state index in [1.807, 2.05) is 0 Å². The first-order valence-corrected chi connectivity index (χ1v) is 11.3. The Balaban J connectivity index is 2.27. The molecule has 0 aliphatic rings. The van der Waals surface area contributed by atoms with Crippen molar-refractivity contribution in [3.63, 3.8) is 0 Å². The minimum atomic E-state index is -3.88. The van der Waals surface area contributed by atoms with Crippen LogP contribution in [0.2, 0.25) is 0 Å². The Morgan fingerprint density at radius 2 is 1.32 bits per heavy atom. The number of hydrogen-bond donors (Lipinski definition) is 2. The Hall–Kier alpha value is -3.47. The third-order valence-electron chi connectivity index (χ3n) is 4.47. The number of hydrogen-bond acceptors (Lipinski definition) is 4. The van der Waals surface area contributed by atoms with Crippen LogP contribution in [-0.4, -0.2) is 23.6 Å². The average molecular weight is 435 g/mol. The molecule has 7 heteroatoms. The smallest absolute Gasteiger partial charge is 0.353 e. The zero-order chi connectivity index (χ0) is 22.3. The molecule has 0 fully saturated rings. The van der Waals surface area contributed by atoms with E-state index in [1.54, 1.807) is 97.9 Å². The molecule has 0 spiro atoms. The summed E-state index contributed by atoms with van der Waals surface area (Å²) >= 11 is 0. The van der Waals surface area contributed by atoms with Crippen molar-refractivity contribution < 1.29 is 23.8 Å². The van der Waals surface area contributed by atoms with E-state index in [2.05, 4.69) is 5.32 Å². The van der Waals surface area contributed by atoms with Gasteiger partial charge in [-0.05, 0) is 36.8 Å². The van der Waals surface area contributed by atoms with Gasteiger partial charge in [-0.3, -0.25) is 9.36 Å². The van der Waals surface area contributed by atoms with Crippen LogP contribution in [0.3, 0.4) is 0 Å². The summed E-state index contributed by atoms with van der Waals surface area (Å²) in [6, 6.07) is 25.1. The van der Waals surface area contributed by atoms with E-state index in [0.717, 1.165) is 0 Å². The lowest BCUT2D eigenvalue weighted by Crippen LogP contribution is -2.29. The number of carboxylic acid groups (broad SMARTS) is 1. The molecule has 0 aliphatic carbocycles. The van der Waals surface area contributed by atoms with E-state index in [9.17, 15) is 19.3 Å². The summed E-state index contributed by atoms with van der Waals surface area (Å²) in [5.74, 6) is -2.04. The number of carbonyl (C=O) groups excluding carboxylic acids is 1. The number of aliphatic carboxylic acids is 1. The van der Waals surface area contributed by atoms with Crippen molar-refractivity contribution in [3.05, 3.63) is 108 Å². The molecule has 31 heavy (non-hydrogen) atoms. The largest absolute Gasteiger partial charge is 0.477 e. The minimum Gasteiger partial charge on any atom is -0.477 e. The van der Waals surface area contributed by atoms with Gasteiger partial charge in [0.25, 0.3) is 13.3 Å². The van der Waals surface area contributed by atoms with Crippen molar-refractivity contribution in [2.24, 2.45) is 0 Å². The van der Waals surface area contributed by atoms with Crippen LogP contribution in [0.1, 0.15) is 22.8 Å². The van der Waals surface area contributed by atoms with Crippen LogP contribution in [0, 0.1) is 0 Å². The van der Waals surface area contributed by atoms with Gasteiger partial charge in [-0.25, -0.2) is 4.79 Å². The maximum atomic E-state index is 14.3. The fourth-order valence-electron chi connectivity index (χ4n) is 3.12. The molecule has 158 valence electrons. The van der Waals surface area contributed by atoms with Gasteiger partial charge in [0.15, 0.2) is 0 Å². The first-order valence-electron chi connectivity index (χ1n) is 9.67. The highest BCUT2D eigenvalue weighted by Gasteiger charge is 2.37. The van der Waals surface area contributed by atoms with Gasteiger partial charge in [0, 0.05) is 10.9 Å². The number of amides is 1. The molecular weight excluding hydrogens is 413 g/mol. The van der Waals surface area contributed by atoms with Crippen LogP contribution in [0.15, 0.2) is 96.7 Å².